The van der Waals surface area contributed by atoms with Crippen molar-refractivity contribution in [3.63, 3.8) is 0 Å². The van der Waals surface area contributed by atoms with E-state index in [0.29, 0.717) is 5.69 Å². The Labute approximate surface area is 65.8 Å². The first-order valence-electron chi connectivity index (χ1n) is 3.36. The Morgan fingerprint density at radius 3 is 3.00 bits per heavy atom. The Morgan fingerprint density at radius 2 is 2.36 bits per heavy atom. The first kappa shape index (κ1) is 7.49. The third-order valence-corrected chi connectivity index (χ3v) is 1.22. The van der Waals surface area contributed by atoms with Crippen molar-refractivity contribution >= 4 is 6.08 Å². The molecule has 1 aromatic heterocycles. The molecule has 0 aliphatic rings. The molecule has 0 N–H and O–H groups in total. The predicted molar refractivity (Wildman–Crippen MR) is 43.7 cm³/mol. The molecule has 0 aromatic carbocycles. The van der Waals surface area contributed by atoms with Crippen LogP contribution in [0.2, 0.25) is 0 Å². The Morgan fingerprint density at radius 1 is 1.55 bits per heavy atom. The summed E-state index contributed by atoms with van der Waals surface area (Å²) in [4.78, 5) is 4.03. The highest BCUT2D eigenvalue weighted by molar-refractivity contribution is 5.44. The lowest BCUT2D eigenvalue weighted by Crippen LogP contribution is -1.83. The second-order valence-electron chi connectivity index (χ2n) is 2.06. The molecular weight excluding hydrogens is 136 g/mol. The predicted octanol–water partition coefficient (Wildman–Crippen LogP) is 1.99. The molecule has 0 saturated heterocycles. The quantitative estimate of drug-likeness (QED) is 0.604. The summed E-state index contributed by atoms with van der Waals surface area (Å²) in [5.74, 6) is 0. The van der Waals surface area contributed by atoms with Gasteiger partial charge >= 0.3 is 0 Å². The first-order valence-corrected chi connectivity index (χ1v) is 3.36. The largest absolute Gasteiger partial charge is 0.238 e. The zero-order valence-corrected chi connectivity index (χ0v) is 6.28. The highest BCUT2D eigenvalue weighted by atomic mass is 14.7. The van der Waals surface area contributed by atoms with E-state index in [4.69, 9.17) is 5.26 Å². The standard InChI is InChI=1S/C9H8N2/c1-2-4-8-5-3-6-9(7-10)11-8/h2-6H,1H3/b4-2+. The maximum atomic E-state index is 8.49. The maximum absolute atomic E-state index is 8.49. The van der Waals surface area contributed by atoms with Crippen molar-refractivity contribution in [3.05, 3.63) is 35.7 Å². The molecule has 0 saturated carbocycles. The molecule has 54 valence electrons. The molecule has 0 radical (unpaired) electrons. The minimum Gasteiger partial charge on any atom is -0.238 e. The van der Waals surface area contributed by atoms with E-state index in [1.165, 1.54) is 0 Å². The number of nitrogens with zero attached hydrogens (tertiary/aromatic N) is 2. The van der Waals surface area contributed by atoms with Crippen LogP contribution in [0.5, 0.6) is 0 Å². The van der Waals surface area contributed by atoms with Gasteiger partial charge in [0.25, 0.3) is 0 Å². The fourth-order valence-electron chi connectivity index (χ4n) is 0.777. The van der Waals surface area contributed by atoms with Crippen molar-refractivity contribution in [1.29, 1.82) is 5.26 Å². The van der Waals surface area contributed by atoms with Crippen molar-refractivity contribution in [2.24, 2.45) is 0 Å². The lowest BCUT2D eigenvalue weighted by Gasteiger charge is -1.90. The minimum absolute atomic E-state index is 0.459. The molecule has 1 rings (SSSR count). The van der Waals surface area contributed by atoms with Crippen LogP contribution in [0.1, 0.15) is 18.3 Å². The molecule has 1 heterocycles. The monoisotopic (exact) mass is 144 g/mol. The zero-order chi connectivity index (χ0) is 8.10. The molecule has 0 fully saturated rings. The van der Waals surface area contributed by atoms with Gasteiger partial charge in [-0.3, -0.25) is 0 Å². The molecule has 0 atom stereocenters. The van der Waals surface area contributed by atoms with Gasteiger partial charge < -0.3 is 0 Å². The smallest absolute Gasteiger partial charge is 0.141 e. The van der Waals surface area contributed by atoms with Crippen LogP contribution in [0.15, 0.2) is 24.3 Å². The van der Waals surface area contributed by atoms with E-state index >= 15 is 0 Å². The van der Waals surface area contributed by atoms with Gasteiger partial charge in [0.15, 0.2) is 0 Å². The molecule has 0 aliphatic heterocycles. The second kappa shape index (κ2) is 3.52. The van der Waals surface area contributed by atoms with E-state index in [-0.39, 0.29) is 0 Å². The van der Waals surface area contributed by atoms with Crippen LogP contribution >= 0.6 is 0 Å². The van der Waals surface area contributed by atoms with Crippen LogP contribution in [-0.2, 0) is 0 Å². The van der Waals surface area contributed by atoms with Crippen LogP contribution in [0, 0.1) is 11.3 Å². The molecule has 0 spiro atoms. The fraction of sp³-hybridized carbons (Fsp3) is 0.111. The van der Waals surface area contributed by atoms with E-state index in [0.717, 1.165) is 5.69 Å². The Balaban J connectivity index is 3.03. The van der Waals surface area contributed by atoms with Gasteiger partial charge in [-0.2, -0.15) is 5.26 Å². The first-order chi connectivity index (χ1) is 5.36. The molecule has 0 aliphatic carbocycles. The van der Waals surface area contributed by atoms with Crippen molar-refractivity contribution in [3.8, 4) is 6.07 Å². The van der Waals surface area contributed by atoms with Gasteiger partial charge in [0.05, 0.1) is 5.69 Å². The zero-order valence-electron chi connectivity index (χ0n) is 6.28. The van der Waals surface area contributed by atoms with Crippen LogP contribution in [0.4, 0.5) is 0 Å². The van der Waals surface area contributed by atoms with Gasteiger partial charge in [-0.15, -0.1) is 0 Å². The lowest BCUT2D eigenvalue weighted by atomic mass is 10.3. The molecule has 11 heavy (non-hydrogen) atoms. The normalized spacial score (nSPS) is 9.82. The third kappa shape index (κ3) is 1.91. The topological polar surface area (TPSA) is 36.7 Å². The average Bonchev–Trinajstić information content (AvgIpc) is 2.06. The van der Waals surface area contributed by atoms with Gasteiger partial charge in [-0.25, -0.2) is 4.98 Å². The lowest BCUT2D eigenvalue weighted by molar-refractivity contribution is 1.24. The molecular formula is C9H8N2. The van der Waals surface area contributed by atoms with Gasteiger partial charge in [0.1, 0.15) is 11.8 Å². The van der Waals surface area contributed by atoms with Crippen molar-refractivity contribution in [1.82, 2.24) is 4.98 Å². The second-order valence-corrected chi connectivity index (χ2v) is 2.06. The van der Waals surface area contributed by atoms with Gasteiger partial charge in [-0.1, -0.05) is 12.1 Å². The number of allylic oxidation sites excluding steroid dienone is 1. The molecule has 0 amide bonds. The molecule has 0 bridgehead atoms. The van der Waals surface area contributed by atoms with Crippen molar-refractivity contribution in [2.75, 3.05) is 0 Å². The van der Waals surface area contributed by atoms with Gasteiger partial charge in [-0.05, 0) is 25.1 Å². The van der Waals surface area contributed by atoms with E-state index in [2.05, 4.69) is 4.98 Å². The third-order valence-electron chi connectivity index (χ3n) is 1.22. The van der Waals surface area contributed by atoms with Crippen LogP contribution < -0.4 is 0 Å². The maximum Gasteiger partial charge on any atom is 0.141 e. The Kier molecular flexibility index (Phi) is 2.40. The number of pyridine rings is 1. The summed E-state index contributed by atoms with van der Waals surface area (Å²) in [6, 6.07) is 7.35. The minimum atomic E-state index is 0.459. The molecule has 1 aromatic rings. The summed E-state index contributed by atoms with van der Waals surface area (Å²) in [5, 5.41) is 8.49. The number of hydrogen-bond donors (Lipinski definition) is 0. The van der Waals surface area contributed by atoms with Crippen molar-refractivity contribution < 1.29 is 0 Å². The van der Waals surface area contributed by atoms with Gasteiger partial charge in [0, 0.05) is 0 Å². The summed E-state index contributed by atoms with van der Waals surface area (Å²) < 4.78 is 0. The Hall–Kier alpha value is -1.62. The molecule has 2 heteroatoms. The Bertz CT molecular complexity index is 308. The molecule has 2 nitrogen and oxygen atoms in total. The van der Waals surface area contributed by atoms with E-state index < -0.39 is 0 Å². The molecule has 0 unspecified atom stereocenters. The summed E-state index contributed by atoms with van der Waals surface area (Å²) in [7, 11) is 0. The SMILES string of the molecule is C/C=C/c1cccc(C#N)n1. The highest BCUT2D eigenvalue weighted by Crippen LogP contribution is 1.99. The number of hydrogen-bond acceptors (Lipinski definition) is 2. The van der Waals surface area contributed by atoms with E-state index in [1.54, 1.807) is 6.07 Å². The fourth-order valence-corrected chi connectivity index (χ4v) is 0.777. The van der Waals surface area contributed by atoms with Crippen LogP contribution in [-0.4, -0.2) is 4.98 Å². The van der Waals surface area contributed by atoms with Crippen molar-refractivity contribution in [2.45, 2.75) is 6.92 Å². The number of aromatic nitrogens is 1. The van der Waals surface area contributed by atoms with E-state index in [9.17, 15) is 0 Å². The summed E-state index contributed by atoms with van der Waals surface area (Å²) in [6.07, 6.45) is 3.75. The van der Waals surface area contributed by atoms with Crippen LogP contribution in [0.3, 0.4) is 0 Å². The average molecular weight is 144 g/mol. The summed E-state index contributed by atoms with van der Waals surface area (Å²) in [6.45, 7) is 1.92. The van der Waals surface area contributed by atoms with E-state index in [1.807, 2.05) is 37.3 Å². The number of rotatable bonds is 1. The summed E-state index contributed by atoms with van der Waals surface area (Å²) >= 11 is 0. The highest BCUT2D eigenvalue weighted by Gasteiger charge is 1.90. The van der Waals surface area contributed by atoms with Gasteiger partial charge in [0.2, 0.25) is 0 Å². The van der Waals surface area contributed by atoms with Crippen LogP contribution in [0.25, 0.3) is 6.08 Å². The number of nitriles is 1. The summed E-state index contributed by atoms with van der Waals surface area (Å²) in [5.41, 5.74) is 1.28.